The third kappa shape index (κ3) is 4.69. The molecule has 142 valence electrons. The largest absolute Gasteiger partial charge is 0.460 e. The van der Waals surface area contributed by atoms with Crippen molar-refractivity contribution in [2.24, 2.45) is 5.73 Å². The molecule has 2 aromatic rings. The van der Waals surface area contributed by atoms with E-state index in [1.165, 1.54) is 6.33 Å². The highest BCUT2D eigenvalue weighted by Crippen LogP contribution is 2.25. The summed E-state index contributed by atoms with van der Waals surface area (Å²) in [5.74, 6) is -0.471. The molecular formula is C18H21FN6O2. The van der Waals surface area contributed by atoms with Gasteiger partial charge in [-0.25, -0.2) is 14.4 Å². The minimum atomic E-state index is -0.647. The van der Waals surface area contributed by atoms with E-state index in [0.29, 0.717) is 37.4 Å². The molecule has 1 saturated heterocycles. The molecule has 2 heterocycles. The van der Waals surface area contributed by atoms with Gasteiger partial charge in [0.2, 0.25) is 0 Å². The summed E-state index contributed by atoms with van der Waals surface area (Å²) in [6, 6.07) is 6.89. The van der Waals surface area contributed by atoms with Crippen LogP contribution in [-0.2, 0) is 16.1 Å². The molecule has 1 aromatic carbocycles. The number of hydrogen-bond donors (Lipinski definition) is 2. The number of halogens is 1. The molecule has 0 radical (unpaired) electrons. The Balaban J connectivity index is 1.62. The predicted molar refractivity (Wildman–Crippen MR) is 99.2 cm³/mol. The van der Waals surface area contributed by atoms with Gasteiger partial charge in [0, 0.05) is 37.9 Å². The van der Waals surface area contributed by atoms with Crippen LogP contribution in [0, 0.1) is 11.2 Å². The monoisotopic (exact) mass is 372 g/mol. The number of ether oxygens (including phenoxy) is 1. The molecule has 3 rings (SSSR count). The van der Waals surface area contributed by atoms with Crippen LogP contribution in [0.2, 0.25) is 0 Å². The zero-order valence-corrected chi connectivity index (χ0v) is 14.8. The lowest BCUT2D eigenvalue weighted by atomic mass is 10.1. The summed E-state index contributed by atoms with van der Waals surface area (Å²) in [6.45, 7) is 2.54. The molecule has 0 amide bonds. The van der Waals surface area contributed by atoms with Crippen LogP contribution in [0.4, 0.5) is 15.9 Å². The van der Waals surface area contributed by atoms with Gasteiger partial charge in [-0.1, -0.05) is 12.1 Å². The first-order chi connectivity index (χ1) is 13.0. The Hall–Kier alpha value is -3.23. The minimum Gasteiger partial charge on any atom is -0.460 e. The van der Waals surface area contributed by atoms with Crippen molar-refractivity contribution in [2.45, 2.75) is 13.0 Å². The molecule has 3 N–H and O–H groups in total. The van der Waals surface area contributed by atoms with Gasteiger partial charge in [-0.2, -0.15) is 0 Å². The zero-order chi connectivity index (χ0) is 19.2. The van der Waals surface area contributed by atoms with Gasteiger partial charge in [0.25, 0.3) is 0 Å². The lowest BCUT2D eigenvalue weighted by Crippen LogP contribution is -2.47. The Morgan fingerprint density at radius 1 is 1.22 bits per heavy atom. The number of nitrogens with zero attached hydrogens (tertiary/aromatic N) is 4. The van der Waals surface area contributed by atoms with E-state index in [4.69, 9.17) is 15.9 Å². The van der Waals surface area contributed by atoms with Gasteiger partial charge in [0.05, 0.1) is 5.69 Å². The molecule has 0 unspecified atom stereocenters. The Bertz CT molecular complexity index is 809. The molecule has 1 aromatic heterocycles. The van der Waals surface area contributed by atoms with Crippen LogP contribution < -0.4 is 15.5 Å². The molecule has 27 heavy (non-hydrogen) atoms. The van der Waals surface area contributed by atoms with E-state index < -0.39 is 11.8 Å². The van der Waals surface area contributed by atoms with Crippen molar-refractivity contribution in [3.05, 3.63) is 48.2 Å². The van der Waals surface area contributed by atoms with Crippen molar-refractivity contribution in [1.29, 1.82) is 5.41 Å². The van der Waals surface area contributed by atoms with Gasteiger partial charge < -0.3 is 20.3 Å². The fraction of sp³-hybridized carbons (Fsp3) is 0.333. The number of benzene rings is 1. The van der Waals surface area contributed by atoms with Gasteiger partial charge >= 0.3 is 5.97 Å². The smallest absolute Gasteiger partial charge is 0.313 e. The molecule has 8 nitrogen and oxygen atoms in total. The Kier molecular flexibility index (Phi) is 5.80. The van der Waals surface area contributed by atoms with Crippen LogP contribution >= 0.6 is 0 Å². The van der Waals surface area contributed by atoms with Gasteiger partial charge in [0.1, 0.15) is 31.0 Å². The number of aromatic nitrogens is 2. The summed E-state index contributed by atoms with van der Waals surface area (Å²) in [4.78, 5) is 23.8. The van der Waals surface area contributed by atoms with Gasteiger partial charge in [-0.3, -0.25) is 10.2 Å². The van der Waals surface area contributed by atoms with E-state index in [-0.39, 0.29) is 18.9 Å². The van der Waals surface area contributed by atoms with Crippen molar-refractivity contribution in [2.75, 3.05) is 36.0 Å². The maximum Gasteiger partial charge on any atom is 0.313 e. The van der Waals surface area contributed by atoms with E-state index in [1.54, 1.807) is 24.4 Å². The minimum absolute atomic E-state index is 0.188. The Morgan fingerprint density at radius 2 is 1.96 bits per heavy atom. The van der Waals surface area contributed by atoms with Crippen molar-refractivity contribution < 1.29 is 13.9 Å². The topological polar surface area (TPSA) is 108 Å². The number of carbonyl (C=O) groups excluding carboxylic acids is 1. The molecule has 0 bridgehead atoms. The van der Waals surface area contributed by atoms with E-state index >= 15 is 0 Å². The van der Waals surface area contributed by atoms with Gasteiger partial charge in [-0.05, 0) is 12.1 Å². The first kappa shape index (κ1) is 18.6. The molecule has 1 aliphatic heterocycles. The van der Waals surface area contributed by atoms with Crippen molar-refractivity contribution in [3.63, 3.8) is 0 Å². The quantitative estimate of drug-likeness (QED) is 0.447. The predicted octanol–water partition coefficient (Wildman–Crippen LogP) is 1.31. The molecule has 0 spiro atoms. The summed E-state index contributed by atoms with van der Waals surface area (Å²) >= 11 is 0. The second-order valence-electron chi connectivity index (χ2n) is 6.15. The maximum absolute atomic E-state index is 14.9. The van der Waals surface area contributed by atoms with Gasteiger partial charge in [-0.15, -0.1) is 0 Å². The van der Waals surface area contributed by atoms with E-state index in [0.717, 1.165) is 5.82 Å². The van der Waals surface area contributed by atoms with Crippen molar-refractivity contribution >= 4 is 23.3 Å². The first-order valence-electron chi connectivity index (χ1n) is 8.56. The normalized spacial score (nSPS) is 14.1. The average molecular weight is 372 g/mol. The van der Waals surface area contributed by atoms with E-state index in [2.05, 4.69) is 14.9 Å². The highest BCUT2D eigenvalue weighted by molar-refractivity contribution is 5.94. The second kappa shape index (κ2) is 8.43. The summed E-state index contributed by atoms with van der Waals surface area (Å²) < 4.78 is 19.9. The number of carbonyl (C=O) groups is 1. The van der Waals surface area contributed by atoms with E-state index in [1.807, 2.05) is 11.0 Å². The molecule has 0 atom stereocenters. The highest BCUT2D eigenvalue weighted by Gasteiger charge is 2.21. The number of piperazine rings is 1. The molecular weight excluding hydrogens is 351 g/mol. The van der Waals surface area contributed by atoms with Crippen LogP contribution in [0.25, 0.3) is 0 Å². The summed E-state index contributed by atoms with van der Waals surface area (Å²) in [7, 11) is 0. The van der Waals surface area contributed by atoms with Crippen LogP contribution in [0.15, 0.2) is 36.8 Å². The number of nitrogens with one attached hydrogen (secondary N) is 1. The Labute approximate surface area is 156 Å². The molecule has 0 aliphatic carbocycles. The number of anilines is 2. The number of nitrogens with two attached hydrogens (primary N) is 1. The second-order valence-corrected chi connectivity index (χ2v) is 6.15. The fourth-order valence-electron chi connectivity index (χ4n) is 2.93. The Morgan fingerprint density at radius 3 is 2.63 bits per heavy atom. The number of esters is 1. The third-order valence-electron chi connectivity index (χ3n) is 4.29. The lowest BCUT2D eigenvalue weighted by molar-refractivity contribution is -0.143. The maximum atomic E-state index is 14.9. The summed E-state index contributed by atoms with van der Waals surface area (Å²) in [5, 5.41) is 7.08. The lowest BCUT2D eigenvalue weighted by Gasteiger charge is -2.36. The average Bonchev–Trinajstić information content (AvgIpc) is 2.67. The first-order valence-corrected chi connectivity index (χ1v) is 8.56. The van der Waals surface area contributed by atoms with Crippen LogP contribution in [0.3, 0.4) is 0 Å². The summed E-state index contributed by atoms with van der Waals surface area (Å²) in [5.41, 5.74) is 5.93. The standard InChI is InChI=1S/C18H21FN6O2/c19-18-13(11-27-17(26)10-15(20)21)2-1-3-14(18)24-6-8-25(9-7-24)16-4-5-22-12-23-16/h1-5,12H,6-11H2,(H3,20,21). The van der Waals surface area contributed by atoms with Crippen molar-refractivity contribution in [3.8, 4) is 0 Å². The molecule has 0 saturated carbocycles. The van der Waals surface area contributed by atoms with Gasteiger partial charge in [0.15, 0.2) is 5.82 Å². The van der Waals surface area contributed by atoms with Crippen molar-refractivity contribution in [1.82, 2.24) is 9.97 Å². The van der Waals surface area contributed by atoms with Crippen LogP contribution in [0.1, 0.15) is 12.0 Å². The number of amidine groups is 1. The number of rotatable bonds is 6. The number of hydrogen-bond acceptors (Lipinski definition) is 7. The summed E-state index contributed by atoms with van der Waals surface area (Å²) in [6.07, 6.45) is 2.91. The molecule has 1 aliphatic rings. The third-order valence-corrected chi connectivity index (χ3v) is 4.29. The molecule has 1 fully saturated rings. The zero-order valence-electron chi connectivity index (χ0n) is 14.8. The molecule has 9 heteroatoms. The highest BCUT2D eigenvalue weighted by atomic mass is 19.1. The fourth-order valence-corrected chi connectivity index (χ4v) is 2.93. The van der Waals surface area contributed by atoms with Crippen LogP contribution in [-0.4, -0.2) is 48.0 Å². The van der Waals surface area contributed by atoms with E-state index in [9.17, 15) is 9.18 Å². The van der Waals surface area contributed by atoms with Crippen LogP contribution in [0.5, 0.6) is 0 Å². The SMILES string of the molecule is N=C(N)CC(=O)OCc1cccc(N2CCN(c3ccncn3)CC2)c1F.